The van der Waals surface area contributed by atoms with E-state index in [1.165, 1.54) is 25.4 Å². The van der Waals surface area contributed by atoms with E-state index >= 15 is 0 Å². The van der Waals surface area contributed by atoms with Crippen LogP contribution in [0.1, 0.15) is 114 Å². The van der Waals surface area contributed by atoms with Crippen molar-refractivity contribution in [1.29, 1.82) is 5.41 Å². The number of amides is 5. The first-order valence-corrected chi connectivity index (χ1v) is 22.5. The minimum absolute atomic E-state index is 0.0738. The van der Waals surface area contributed by atoms with Crippen LogP contribution in [0.2, 0.25) is 0 Å². The number of nitrogens with two attached hydrogens (primary N) is 1. The van der Waals surface area contributed by atoms with Crippen LogP contribution in [0.25, 0.3) is 5.57 Å². The number of rotatable bonds is 17. The van der Waals surface area contributed by atoms with Crippen molar-refractivity contribution in [3.05, 3.63) is 70.6 Å². The van der Waals surface area contributed by atoms with Gasteiger partial charge in [-0.2, -0.15) is 0 Å². The average Bonchev–Trinajstić information content (AvgIpc) is 3.28. The number of fused-ring (bicyclic) bond motifs is 1. The Morgan fingerprint density at radius 1 is 0.922 bits per heavy atom. The molecule has 4 heterocycles. The van der Waals surface area contributed by atoms with Crippen LogP contribution in [0.5, 0.6) is 0 Å². The van der Waals surface area contributed by atoms with Crippen LogP contribution in [0.3, 0.4) is 0 Å². The van der Waals surface area contributed by atoms with E-state index < -0.39 is 12.5 Å². The van der Waals surface area contributed by atoms with Gasteiger partial charge in [-0.25, -0.2) is 8.78 Å². The summed E-state index contributed by atoms with van der Waals surface area (Å²) in [6.45, 7) is 3.96. The van der Waals surface area contributed by atoms with E-state index in [4.69, 9.17) is 5.73 Å². The van der Waals surface area contributed by atoms with Gasteiger partial charge in [-0.15, -0.1) is 0 Å². The Morgan fingerprint density at radius 2 is 1.66 bits per heavy atom. The molecule has 0 bridgehead atoms. The third-order valence-electron chi connectivity index (χ3n) is 12.5. The number of carbonyl (C=O) groups excluding carboxylic acids is 5. The van der Waals surface area contributed by atoms with Gasteiger partial charge in [0.1, 0.15) is 11.9 Å². The number of carbonyl (C=O) groups is 5. The molecule has 1 unspecified atom stereocenters. The zero-order valence-electron chi connectivity index (χ0n) is 36.9. The van der Waals surface area contributed by atoms with Crippen molar-refractivity contribution < 1.29 is 32.8 Å². The predicted molar refractivity (Wildman–Crippen MR) is 245 cm³/mol. The number of hydrogen-bond acceptors (Lipinski definition) is 10. The summed E-state index contributed by atoms with van der Waals surface area (Å²) in [5, 5.41) is 21.5. The lowest BCUT2D eigenvalue weighted by Gasteiger charge is -2.39. The van der Waals surface area contributed by atoms with E-state index in [0.717, 1.165) is 62.6 Å². The van der Waals surface area contributed by atoms with Crippen LogP contribution in [-0.4, -0.2) is 103 Å². The molecule has 4 aliphatic rings. The number of anilines is 3. The molecule has 4 aliphatic heterocycles. The summed E-state index contributed by atoms with van der Waals surface area (Å²) in [6, 6.07) is 9.93. The smallest absolute Gasteiger partial charge is 0.264 e. The van der Waals surface area contributed by atoms with E-state index in [1.807, 2.05) is 11.0 Å². The number of alkyl halides is 2. The fourth-order valence-corrected chi connectivity index (χ4v) is 8.94. The van der Waals surface area contributed by atoms with Crippen LogP contribution in [0.15, 0.2) is 58.9 Å². The molecule has 344 valence electrons. The zero-order valence-corrected chi connectivity index (χ0v) is 36.9. The molecule has 15 nitrogen and oxygen atoms in total. The first kappa shape index (κ1) is 47.4. The number of benzene rings is 2. The second-order valence-corrected chi connectivity index (χ2v) is 17.0. The summed E-state index contributed by atoms with van der Waals surface area (Å²) in [7, 11) is 1.56. The highest BCUT2D eigenvalue weighted by Gasteiger charge is 2.33. The summed E-state index contributed by atoms with van der Waals surface area (Å²) in [6.07, 6.45) is 9.08. The van der Waals surface area contributed by atoms with Crippen LogP contribution in [0, 0.1) is 5.41 Å². The highest BCUT2D eigenvalue weighted by Crippen LogP contribution is 2.38. The number of aliphatic imine (C=N–C) groups is 1. The Morgan fingerprint density at radius 3 is 2.36 bits per heavy atom. The topological polar surface area (TPSA) is 205 Å². The Hall–Kier alpha value is -6.13. The van der Waals surface area contributed by atoms with Crippen LogP contribution in [-0.2, 0) is 30.4 Å². The second kappa shape index (κ2) is 22.5. The first-order chi connectivity index (χ1) is 30.8. The molecule has 2 saturated heterocycles. The molecule has 0 saturated carbocycles. The van der Waals surface area contributed by atoms with Crippen LogP contribution in [0.4, 0.5) is 25.8 Å². The number of nitrogens with one attached hydrogen (secondary N) is 5. The van der Waals surface area contributed by atoms with Crippen molar-refractivity contribution in [2.45, 2.75) is 115 Å². The van der Waals surface area contributed by atoms with Gasteiger partial charge in [0.15, 0.2) is 0 Å². The average molecular weight is 885 g/mol. The van der Waals surface area contributed by atoms with Gasteiger partial charge < -0.3 is 36.4 Å². The highest BCUT2D eigenvalue weighted by molar-refractivity contribution is 6.12. The molecule has 6 rings (SSSR count). The molecular formula is C47H62F2N10O5. The van der Waals surface area contributed by atoms with Gasteiger partial charge in [-0.05, 0) is 86.4 Å². The van der Waals surface area contributed by atoms with Gasteiger partial charge in [-0.3, -0.25) is 39.7 Å². The van der Waals surface area contributed by atoms with Crippen LogP contribution < -0.4 is 31.9 Å². The fourth-order valence-electron chi connectivity index (χ4n) is 8.94. The van der Waals surface area contributed by atoms with Gasteiger partial charge in [0.05, 0.1) is 6.54 Å². The molecule has 5 amide bonds. The van der Waals surface area contributed by atoms with Gasteiger partial charge >= 0.3 is 0 Å². The lowest BCUT2D eigenvalue weighted by molar-refractivity contribution is -0.134. The van der Waals surface area contributed by atoms with Gasteiger partial charge in [0, 0.05) is 124 Å². The molecule has 0 spiro atoms. The Balaban J connectivity index is 0.947. The predicted octanol–water partition coefficient (Wildman–Crippen LogP) is 6.03. The SMILES string of the molecule is CN=CC(=CN)c1cc2c(cc1C(F)F)N(C(=N)C1=C(NC3CCN(C(=O)CCCCCCCC(=O)Nc4cccc(NC5CCC(=O)NC5=O)c4)CC3)CCN(C(C)=O)C1)CCC2. The second-order valence-electron chi connectivity index (χ2n) is 17.0. The summed E-state index contributed by atoms with van der Waals surface area (Å²) < 4.78 is 29.0. The Labute approximate surface area is 373 Å². The van der Waals surface area contributed by atoms with Crippen molar-refractivity contribution in [3.8, 4) is 0 Å². The minimum atomic E-state index is -2.77. The van der Waals surface area contributed by atoms with E-state index in [1.54, 1.807) is 41.1 Å². The lowest BCUT2D eigenvalue weighted by Crippen LogP contribution is -2.48. The lowest BCUT2D eigenvalue weighted by atomic mass is 9.91. The van der Waals surface area contributed by atoms with Crippen LogP contribution >= 0.6 is 0 Å². The van der Waals surface area contributed by atoms with E-state index in [9.17, 15) is 38.2 Å². The monoisotopic (exact) mass is 884 g/mol. The molecule has 0 aromatic heterocycles. The van der Waals surface area contributed by atoms with E-state index in [2.05, 4.69) is 26.3 Å². The highest BCUT2D eigenvalue weighted by atomic mass is 19.3. The maximum atomic E-state index is 14.5. The van der Waals surface area contributed by atoms with Crippen molar-refractivity contribution in [2.24, 2.45) is 10.7 Å². The third-order valence-corrected chi connectivity index (χ3v) is 12.5. The zero-order chi connectivity index (χ0) is 45.8. The number of hydrogen-bond donors (Lipinski definition) is 6. The van der Waals surface area contributed by atoms with Crippen molar-refractivity contribution in [1.82, 2.24) is 20.4 Å². The van der Waals surface area contributed by atoms with Crippen molar-refractivity contribution >= 4 is 64.2 Å². The first-order valence-electron chi connectivity index (χ1n) is 22.5. The number of halogens is 2. The Bertz CT molecular complexity index is 2170. The van der Waals surface area contributed by atoms with Crippen molar-refractivity contribution in [3.63, 3.8) is 0 Å². The molecule has 64 heavy (non-hydrogen) atoms. The van der Waals surface area contributed by atoms with Gasteiger partial charge in [0.25, 0.3) is 6.43 Å². The number of imide groups is 1. The molecule has 2 aromatic carbocycles. The molecular weight excluding hydrogens is 823 g/mol. The number of unbranched alkanes of at least 4 members (excludes halogenated alkanes) is 4. The summed E-state index contributed by atoms with van der Waals surface area (Å²) in [5.74, 6) is -0.496. The maximum absolute atomic E-state index is 14.5. The van der Waals surface area contributed by atoms with Gasteiger partial charge in [0.2, 0.25) is 29.5 Å². The van der Waals surface area contributed by atoms with E-state index in [-0.39, 0.29) is 59.9 Å². The maximum Gasteiger partial charge on any atom is 0.264 e. The number of piperidine rings is 2. The largest absolute Gasteiger partial charge is 0.404 e. The number of allylic oxidation sites excluding steroid dienone is 1. The molecule has 17 heteroatoms. The molecule has 2 aromatic rings. The van der Waals surface area contributed by atoms with Crippen molar-refractivity contribution in [2.75, 3.05) is 55.3 Å². The summed E-state index contributed by atoms with van der Waals surface area (Å²) in [5.41, 5.74) is 10.6. The number of amidine groups is 1. The fraction of sp³-hybridized carbons (Fsp3) is 0.511. The quantitative estimate of drug-likeness (QED) is 0.0475. The third kappa shape index (κ3) is 12.3. The molecule has 0 aliphatic carbocycles. The minimum Gasteiger partial charge on any atom is -0.404 e. The van der Waals surface area contributed by atoms with E-state index in [0.29, 0.717) is 92.1 Å². The number of aryl methyl sites for hydroxylation is 1. The Kier molecular flexibility index (Phi) is 16.6. The molecule has 2 fully saturated rings. The summed E-state index contributed by atoms with van der Waals surface area (Å²) in [4.78, 5) is 71.3. The van der Waals surface area contributed by atoms with Gasteiger partial charge in [-0.1, -0.05) is 25.3 Å². The normalized spacial score (nSPS) is 18.6. The molecule has 0 radical (unpaired) electrons. The molecule has 7 N–H and O–H groups in total. The molecule has 1 atom stereocenters. The number of nitrogens with zero attached hydrogens (tertiary/aromatic N) is 4. The number of likely N-dealkylation sites (tertiary alicyclic amines) is 1. The standard InChI is InChI=1S/C47H62F2N10O5/c1-30(60)58-23-19-39(38(29-58)46(51)59-20-9-10-31-24-36(32(27-50)28-52-2)37(45(48)49)26-41(31)59)53-33-17-21-57(22-18-33)44(63)14-7-5-3-4-6-13-42(61)55-35-12-8-11-34(25-35)54-40-15-16-43(62)56-47(40)64/h8,11-12,24-28,33,40,45,51,53-54H,3-7,9-10,13-23,29,50H2,1-2H3,(H,55,61)(H,56,62,64). The summed E-state index contributed by atoms with van der Waals surface area (Å²) >= 11 is 0.